The van der Waals surface area contributed by atoms with Crippen molar-refractivity contribution in [3.63, 3.8) is 0 Å². The molecule has 7 nitrogen and oxygen atoms in total. The number of aryl methyl sites for hydroxylation is 1. The van der Waals surface area contributed by atoms with E-state index in [0.29, 0.717) is 24.8 Å². The molecule has 2 aromatic heterocycles. The van der Waals surface area contributed by atoms with E-state index in [2.05, 4.69) is 10.4 Å². The smallest absolute Gasteiger partial charge is 0.225 e. The van der Waals surface area contributed by atoms with Gasteiger partial charge in [-0.3, -0.25) is 9.48 Å². The predicted molar refractivity (Wildman–Crippen MR) is 85.7 cm³/mol. The van der Waals surface area contributed by atoms with Crippen molar-refractivity contribution in [2.75, 3.05) is 0 Å². The van der Waals surface area contributed by atoms with Gasteiger partial charge in [-0.05, 0) is 31.0 Å². The number of carbonyl (C=O) groups is 1. The fourth-order valence-corrected chi connectivity index (χ4v) is 3.58. The van der Waals surface area contributed by atoms with Crippen LogP contribution in [-0.4, -0.2) is 37.8 Å². The molecule has 24 heavy (non-hydrogen) atoms. The molecule has 2 aromatic rings. The monoisotopic (exact) mass is 330 g/mol. The molecular weight excluding hydrogens is 308 g/mol. The number of amides is 1. The average Bonchev–Trinajstić information content (AvgIpc) is 3.01. The van der Waals surface area contributed by atoms with E-state index in [1.165, 1.54) is 0 Å². The molecule has 4 rings (SSSR count). The molecule has 1 saturated heterocycles. The van der Waals surface area contributed by atoms with E-state index < -0.39 is 0 Å². The first-order chi connectivity index (χ1) is 11.7. The minimum atomic E-state index is -0.102. The van der Waals surface area contributed by atoms with Crippen LogP contribution in [0.5, 0.6) is 0 Å². The minimum Gasteiger partial charge on any atom is -0.462 e. The fraction of sp³-hybridized carbons (Fsp3) is 0.529. The third-order valence-electron chi connectivity index (χ3n) is 4.88. The van der Waals surface area contributed by atoms with E-state index >= 15 is 0 Å². The van der Waals surface area contributed by atoms with Crippen molar-refractivity contribution in [1.29, 1.82) is 0 Å². The summed E-state index contributed by atoms with van der Waals surface area (Å²) >= 11 is 0. The maximum Gasteiger partial charge on any atom is 0.225 e. The van der Waals surface area contributed by atoms with Crippen LogP contribution in [0.25, 0.3) is 0 Å². The van der Waals surface area contributed by atoms with E-state index in [0.717, 1.165) is 24.3 Å². The molecule has 0 radical (unpaired) electrons. The van der Waals surface area contributed by atoms with Crippen LogP contribution in [0.1, 0.15) is 42.5 Å². The van der Waals surface area contributed by atoms with E-state index in [9.17, 15) is 4.79 Å². The molecule has 2 N–H and O–H groups in total. The number of nitrogens with one attached hydrogen (secondary N) is 1. The Kier molecular flexibility index (Phi) is 3.90. The van der Waals surface area contributed by atoms with Crippen LogP contribution in [0.2, 0.25) is 0 Å². The second kappa shape index (κ2) is 6.07. The molecule has 3 heterocycles. The van der Waals surface area contributed by atoms with E-state index in [4.69, 9.17) is 9.52 Å². The molecule has 7 heteroatoms. The van der Waals surface area contributed by atoms with Gasteiger partial charge in [0.1, 0.15) is 18.1 Å². The molecular formula is C17H22N4O3. The van der Waals surface area contributed by atoms with Gasteiger partial charge in [0, 0.05) is 31.7 Å². The Hall–Kier alpha value is -2.12. The average molecular weight is 330 g/mol. The van der Waals surface area contributed by atoms with Gasteiger partial charge in [-0.2, -0.15) is 5.10 Å². The van der Waals surface area contributed by atoms with Gasteiger partial charge < -0.3 is 19.7 Å². The van der Waals surface area contributed by atoms with Crippen molar-refractivity contribution in [3.05, 3.63) is 41.6 Å². The largest absolute Gasteiger partial charge is 0.462 e. The van der Waals surface area contributed by atoms with Crippen molar-refractivity contribution in [1.82, 2.24) is 20.0 Å². The third kappa shape index (κ3) is 2.74. The summed E-state index contributed by atoms with van der Waals surface area (Å²) in [7, 11) is 1.92. The summed E-state index contributed by atoms with van der Waals surface area (Å²) in [6.45, 7) is 0.430. The predicted octanol–water partition coefficient (Wildman–Crippen LogP) is 1.10. The molecule has 128 valence electrons. The molecule has 2 aliphatic rings. The number of nitrogens with zero attached hydrogens (tertiary/aromatic N) is 3. The van der Waals surface area contributed by atoms with E-state index in [1.807, 2.05) is 28.8 Å². The summed E-state index contributed by atoms with van der Waals surface area (Å²) in [5, 5.41) is 16.8. The molecule has 1 saturated carbocycles. The van der Waals surface area contributed by atoms with Gasteiger partial charge in [0.05, 0.1) is 18.3 Å². The van der Waals surface area contributed by atoms with Gasteiger partial charge in [-0.15, -0.1) is 0 Å². The Labute approximate surface area is 140 Å². The molecule has 0 aromatic carbocycles. The normalized spacial score (nSPS) is 24.1. The van der Waals surface area contributed by atoms with Crippen LogP contribution in [-0.2, 0) is 25.0 Å². The number of hydrogen-bond acceptors (Lipinski definition) is 5. The lowest BCUT2D eigenvalue weighted by atomic mass is 10.1. The number of aromatic nitrogens is 2. The van der Waals surface area contributed by atoms with Crippen LogP contribution < -0.4 is 5.32 Å². The molecule has 1 aliphatic heterocycles. The van der Waals surface area contributed by atoms with E-state index in [1.54, 1.807) is 12.3 Å². The Bertz CT molecular complexity index is 734. The first kappa shape index (κ1) is 15.4. The molecule has 1 amide bonds. The maximum atomic E-state index is 12.5. The molecule has 2 atom stereocenters. The number of aliphatic hydroxyl groups is 1. The summed E-state index contributed by atoms with van der Waals surface area (Å²) in [4.78, 5) is 14.6. The number of furan rings is 1. The number of rotatable bonds is 6. The highest BCUT2D eigenvalue weighted by Gasteiger charge is 2.48. The van der Waals surface area contributed by atoms with Crippen LogP contribution in [0.15, 0.2) is 28.8 Å². The van der Waals surface area contributed by atoms with Crippen molar-refractivity contribution in [3.8, 4) is 0 Å². The highest BCUT2D eigenvalue weighted by atomic mass is 16.4. The number of aliphatic hydroxyl groups excluding tert-OH is 1. The minimum absolute atomic E-state index is 0.00442. The zero-order valence-electron chi connectivity index (χ0n) is 13.7. The van der Waals surface area contributed by atoms with Gasteiger partial charge in [-0.1, -0.05) is 0 Å². The highest BCUT2D eigenvalue weighted by Crippen LogP contribution is 2.41. The van der Waals surface area contributed by atoms with Gasteiger partial charge >= 0.3 is 0 Å². The summed E-state index contributed by atoms with van der Waals surface area (Å²) in [6.07, 6.45) is 4.44. The Balaban J connectivity index is 1.54. The van der Waals surface area contributed by atoms with E-state index in [-0.39, 0.29) is 24.6 Å². The van der Waals surface area contributed by atoms with Crippen LogP contribution in [0.3, 0.4) is 0 Å². The lowest BCUT2D eigenvalue weighted by molar-refractivity contribution is -0.129. The quantitative estimate of drug-likeness (QED) is 0.829. The fourth-order valence-electron chi connectivity index (χ4n) is 3.58. The molecule has 0 unspecified atom stereocenters. The first-order valence-corrected chi connectivity index (χ1v) is 8.38. The summed E-state index contributed by atoms with van der Waals surface area (Å²) in [6, 6.07) is 6.01. The number of carbonyl (C=O) groups excluding carboxylic acids is 1. The maximum absolute atomic E-state index is 12.5. The lowest BCUT2D eigenvalue weighted by Crippen LogP contribution is -2.38. The zero-order chi connectivity index (χ0) is 16.7. The zero-order valence-corrected chi connectivity index (χ0v) is 13.7. The van der Waals surface area contributed by atoms with Crippen molar-refractivity contribution < 1.29 is 14.3 Å². The second-order valence-electron chi connectivity index (χ2n) is 6.57. The van der Waals surface area contributed by atoms with Gasteiger partial charge in [0.25, 0.3) is 0 Å². The second-order valence-corrected chi connectivity index (χ2v) is 6.57. The molecule has 0 spiro atoms. The first-order valence-electron chi connectivity index (χ1n) is 8.38. The number of hydrogen-bond donors (Lipinski definition) is 2. The van der Waals surface area contributed by atoms with Crippen molar-refractivity contribution in [2.24, 2.45) is 7.05 Å². The van der Waals surface area contributed by atoms with Crippen molar-refractivity contribution >= 4 is 5.91 Å². The van der Waals surface area contributed by atoms with Gasteiger partial charge in [0.15, 0.2) is 0 Å². The summed E-state index contributed by atoms with van der Waals surface area (Å²) < 4.78 is 7.38. The summed E-state index contributed by atoms with van der Waals surface area (Å²) in [5.74, 6) is 1.52. The Morgan fingerprint density at radius 1 is 1.33 bits per heavy atom. The van der Waals surface area contributed by atoms with Crippen molar-refractivity contribution in [2.45, 2.75) is 50.5 Å². The Morgan fingerprint density at radius 3 is 2.75 bits per heavy atom. The molecule has 1 aliphatic carbocycles. The van der Waals surface area contributed by atoms with Crippen LogP contribution >= 0.6 is 0 Å². The SMILES string of the molecule is Cn1nccc1[C@H]1[C@H](NCc2ccc(CO)o2)CC(=O)N1C1CC1. The van der Waals surface area contributed by atoms with Crippen LogP contribution in [0.4, 0.5) is 0 Å². The third-order valence-corrected chi connectivity index (χ3v) is 4.88. The van der Waals surface area contributed by atoms with Gasteiger partial charge in [-0.25, -0.2) is 0 Å². The number of likely N-dealkylation sites (tertiary alicyclic amines) is 1. The summed E-state index contributed by atoms with van der Waals surface area (Å²) in [5.41, 5.74) is 1.06. The molecule has 0 bridgehead atoms. The highest BCUT2D eigenvalue weighted by molar-refractivity contribution is 5.81. The Morgan fingerprint density at radius 2 is 2.12 bits per heavy atom. The van der Waals surface area contributed by atoms with Crippen LogP contribution in [0, 0.1) is 0 Å². The topological polar surface area (TPSA) is 83.5 Å². The molecule has 2 fully saturated rings. The standard InChI is InChI=1S/C17H22N4O3/c1-20-15(6-7-19-20)17-14(8-16(23)21(17)11-2-3-11)18-9-12-4-5-13(10-22)24-12/h4-7,11,14,17-18,22H,2-3,8-10H2,1H3/t14-,17-/m1/s1. The lowest BCUT2D eigenvalue weighted by Gasteiger charge is -2.28. The van der Waals surface area contributed by atoms with Gasteiger partial charge in [0.2, 0.25) is 5.91 Å².